The van der Waals surface area contributed by atoms with Gasteiger partial charge in [-0.2, -0.15) is 13.2 Å². The molecule has 1 amide bonds. The molecule has 0 saturated heterocycles. The zero-order valence-corrected chi connectivity index (χ0v) is 11.5. The normalized spacial score (nSPS) is 11.8. The number of rotatable bonds is 4. The summed E-state index contributed by atoms with van der Waals surface area (Å²) in [4.78, 5) is 20.1. The van der Waals surface area contributed by atoms with E-state index in [0.717, 1.165) is 17.1 Å². The Bertz CT molecular complexity index is 628. The molecule has 0 aliphatic rings. The Balaban J connectivity index is 1.94. The van der Waals surface area contributed by atoms with Crippen LogP contribution in [0, 0.1) is 0 Å². The molecule has 0 fully saturated rings. The van der Waals surface area contributed by atoms with Crippen LogP contribution in [0.2, 0.25) is 0 Å². The molecule has 3 N–H and O–H groups in total. The van der Waals surface area contributed by atoms with E-state index in [9.17, 15) is 18.0 Å². The second-order valence-electron chi connectivity index (χ2n) is 3.71. The monoisotopic (exact) mass is 322 g/mol. The predicted molar refractivity (Wildman–Crippen MR) is 71.6 cm³/mol. The van der Waals surface area contributed by atoms with Crippen molar-refractivity contribution in [2.24, 2.45) is 0 Å². The van der Waals surface area contributed by atoms with E-state index < -0.39 is 18.6 Å². The minimum Gasteiger partial charge on any atom is -0.383 e. The lowest BCUT2D eigenvalue weighted by Gasteiger charge is -2.07. The molecule has 0 aliphatic heterocycles. The summed E-state index contributed by atoms with van der Waals surface area (Å²) in [7, 11) is 0. The first-order valence-electron chi connectivity index (χ1n) is 5.32. The van der Waals surface area contributed by atoms with Gasteiger partial charge in [-0.1, -0.05) is 11.8 Å². The molecule has 2 aromatic rings. The fourth-order valence-electron chi connectivity index (χ4n) is 1.30. The minimum absolute atomic E-state index is 0.202. The first kappa shape index (κ1) is 14.9. The number of alkyl halides is 3. The van der Waals surface area contributed by atoms with Crippen molar-refractivity contribution < 1.29 is 18.0 Å². The summed E-state index contributed by atoms with van der Waals surface area (Å²) in [5, 5.41) is 4.56. The number of halogens is 3. The van der Waals surface area contributed by atoms with Gasteiger partial charge in [0.15, 0.2) is 5.16 Å². The quantitative estimate of drug-likeness (QED) is 0.665. The smallest absolute Gasteiger partial charge is 0.383 e. The van der Waals surface area contributed by atoms with E-state index in [1.807, 2.05) is 0 Å². The third-order valence-electron chi connectivity index (χ3n) is 2.15. The Morgan fingerprint density at radius 1 is 1.45 bits per heavy atom. The van der Waals surface area contributed by atoms with Crippen molar-refractivity contribution in [3.63, 3.8) is 0 Å². The second-order valence-corrected chi connectivity index (χ2v) is 5.55. The molecule has 0 atom stereocenters. The first-order valence-corrected chi connectivity index (χ1v) is 7.18. The maximum absolute atomic E-state index is 11.9. The molecule has 2 rings (SSSR count). The second kappa shape index (κ2) is 5.83. The van der Waals surface area contributed by atoms with Crippen LogP contribution in [-0.2, 0) is 4.79 Å². The van der Waals surface area contributed by atoms with Crippen LogP contribution < -0.4 is 11.1 Å². The number of nitrogen functional groups attached to an aromatic ring is 1. The van der Waals surface area contributed by atoms with Crippen LogP contribution in [0.5, 0.6) is 0 Å². The average Bonchev–Trinajstić information content (AvgIpc) is 2.81. The highest BCUT2D eigenvalue weighted by Gasteiger charge is 2.27. The van der Waals surface area contributed by atoms with Crippen LogP contribution in [0.1, 0.15) is 0 Å². The van der Waals surface area contributed by atoms with Crippen LogP contribution >= 0.6 is 23.1 Å². The van der Waals surface area contributed by atoms with Crippen molar-refractivity contribution >= 4 is 45.0 Å². The van der Waals surface area contributed by atoms with Gasteiger partial charge in [-0.3, -0.25) is 4.79 Å². The van der Waals surface area contributed by atoms with E-state index in [0.29, 0.717) is 4.83 Å². The Morgan fingerprint density at radius 3 is 2.90 bits per heavy atom. The van der Waals surface area contributed by atoms with E-state index in [4.69, 9.17) is 5.73 Å². The zero-order valence-electron chi connectivity index (χ0n) is 9.90. The molecule has 0 saturated carbocycles. The number of hydrogen-bond acceptors (Lipinski definition) is 6. The molecule has 0 unspecified atom stereocenters. The van der Waals surface area contributed by atoms with Crippen molar-refractivity contribution in [2.45, 2.75) is 11.3 Å². The number of hydrogen-bond donors (Lipinski definition) is 2. The van der Waals surface area contributed by atoms with Gasteiger partial charge in [0, 0.05) is 0 Å². The van der Waals surface area contributed by atoms with Gasteiger partial charge in [-0.15, -0.1) is 11.3 Å². The van der Waals surface area contributed by atoms with Gasteiger partial charge in [0.2, 0.25) is 5.91 Å². The highest BCUT2D eigenvalue weighted by atomic mass is 32.2. The number of nitrogens with one attached hydrogen (secondary N) is 1. The standard InChI is InChI=1S/C10H9F3N4OS2/c11-10(12,13)4-15-6(18)3-20-9-16-7(14)5-1-2-19-8(5)17-9/h1-2H,3-4H2,(H,15,18)(H2,14,16,17). The number of thiophene rings is 1. The number of anilines is 1. The maximum atomic E-state index is 11.9. The summed E-state index contributed by atoms with van der Waals surface area (Å²) >= 11 is 2.31. The van der Waals surface area contributed by atoms with Crippen LogP contribution in [0.25, 0.3) is 10.2 Å². The summed E-state index contributed by atoms with van der Waals surface area (Å²) in [6, 6.07) is 1.78. The maximum Gasteiger partial charge on any atom is 0.405 e. The third kappa shape index (κ3) is 3.97. The fraction of sp³-hybridized carbons (Fsp3) is 0.300. The van der Waals surface area contributed by atoms with Gasteiger partial charge in [-0.25, -0.2) is 9.97 Å². The lowest BCUT2D eigenvalue weighted by atomic mass is 10.4. The molecule has 0 aliphatic carbocycles. The number of carbonyl (C=O) groups is 1. The van der Waals surface area contributed by atoms with Crippen LogP contribution in [-0.4, -0.2) is 34.3 Å². The SMILES string of the molecule is Nc1nc(SCC(=O)NCC(F)(F)F)nc2sccc12. The zero-order chi connectivity index (χ0) is 14.8. The predicted octanol–water partition coefficient (Wildman–Crippen LogP) is 2.04. The topological polar surface area (TPSA) is 80.9 Å². The molecule has 0 aromatic carbocycles. The molecule has 2 heterocycles. The highest BCUT2D eigenvalue weighted by molar-refractivity contribution is 7.99. The molecule has 2 aromatic heterocycles. The van der Waals surface area contributed by atoms with Gasteiger partial charge in [0.1, 0.15) is 17.2 Å². The number of nitrogens with zero attached hydrogens (tertiary/aromatic N) is 2. The lowest BCUT2D eigenvalue weighted by Crippen LogP contribution is -2.34. The number of carbonyl (C=O) groups excluding carboxylic acids is 1. The third-order valence-corrected chi connectivity index (χ3v) is 3.81. The number of fused-ring (bicyclic) bond motifs is 1. The van der Waals surface area contributed by atoms with Crippen molar-refractivity contribution in [1.82, 2.24) is 15.3 Å². The minimum atomic E-state index is -4.42. The summed E-state index contributed by atoms with van der Waals surface area (Å²) in [5.41, 5.74) is 5.72. The van der Waals surface area contributed by atoms with Gasteiger partial charge < -0.3 is 11.1 Å². The van der Waals surface area contributed by atoms with E-state index in [1.165, 1.54) is 11.3 Å². The van der Waals surface area contributed by atoms with E-state index in [-0.39, 0.29) is 16.7 Å². The Kier molecular flexibility index (Phi) is 4.33. The van der Waals surface area contributed by atoms with Gasteiger partial charge >= 0.3 is 6.18 Å². The van der Waals surface area contributed by atoms with Crippen LogP contribution in [0.3, 0.4) is 0 Å². The van der Waals surface area contributed by atoms with Crippen LogP contribution in [0.15, 0.2) is 16.6 Å². The highest BCUT2D eigenvalue weighted by Crippen LogP contribution is 2.26. The van der Waals surface area contributed by atoms with Crippen LogP contribution in [0.4, 0.5) is 19.0 Å². The van der Waals surface area contributed by atoms with E-state index in [1.54, 1.807) is 16.8 Å². The van der Waals surface area contributed by atoms with Gasteiger partial charge in [-0.05, 0) is 11.4 Å². The summed E-state index contributed by atoms with van der Waals surface area (Å²) in [6.45, 7) is -1.35. The number of aromatic nitrogens is 2. The Labute approximate surface area is 119 Å². The average molecular weight is 322 g/mol. The van der Waals surface area contributed by atoms with E-state index in [2.05, 4.69) is 9.97 Å². The summed E-state index contributed by atoms with van der Waals surface area (Å²) in [6.07, 6.45) is -4.42. The molecule has 10 heteroatoms. The molecular weight excluding hydrogens is 313 g/mol. The van der Waals surface area contributed by atoms with E-state index >= 15 is 0 Å². The molecular formula is C10H9F3N4OS2. The molecule has 5 nitrogen and oxygen atoms in total. The number of nitrogens with two attached hydrogens (primary N) is 1. The Hall–Kier alpha value is -1.55. The first-order chi connectivity index (χ1) is 9.35. The summed E-state index contributed by atoms with van der Waals surface area (Å²) < 4.78 is 35.7. The molecule has 0 spiro atoms. The largest absolute Gasteiger partial charge is 0.405 e. The molecule has 108 valence electrons. The van der Waals surface area contributed by atoms with Crippen molar-refractivity contribution in [3.05, 3.63) is 11.4 Å². The Morgan fingerprint density at radius 2 is 2.20 bits per heavy atom. The van der Waals surface area contributed by atoms with Crippen molar-refractivity contribution in [2.75, 3.05) is 18.0 Å². The fourth-order valence-corrected chi connectivity index (χ4v) is 2.81. The lowest BCUT2D eigenvalue weighted by molar-refractivity contribution is -0.136. The molecule has 20 heavy (non-hydrogen) atoms. The van der Waals surface area contributed by atoms with Crippen molar-refractivity contribution in [3.8, 4) is 0 Å². The molecule has 0 radical (unpaired) electrons. The van der Waals surface area contributed by atoms with Gasteiger partial charge in [0.05, 0.1) is 11.1 Å². The van der Waals surface area contributed by atoms with Crippen molar-refractivity contribution in [1.29, 1.82) is 0 Å². The summed E-state index contributed by atoms with van der Waals surface area (Å²) in [5.74, 6) is -0.651. The molecule has 0 bridgehead atoms. The number of amides is 1. The number of thioether (sulfide) groups is 1. The van der Waals surface area contributed by atoms with Gasteiger partial charge in [0.25, 0.3) is 0 Å².